The van der Waals surface area contributed by atoms with Gasteiger partial charge in [-0.2, -0.15) is 0 Å². The summed E-state index contributed by atoms with van der Waals surface area (Å²) in [5.41, 5.74) is 8.56. The zero-order valence-corrected chi connectivity index (χ0v) is 37.8. The first kappa shape index (κ1) is 43.6. The van der Waals surface area contributed by atoms with Crippen LogP contribution in [0.25, 0.3) is 44.8 Å². The van der Waals surface area contributed by atoms with Gasteiger partial charge < -0.3 is 14.3 Å². The third-order valence-electron chi connectivity index (χ3n) is 11.1. The van der Waals surface area contributed by atoms with Crippen LogP contribution in [0.3, 0.4) is 0 Å². The maximum absolute atomic E-state index is 12.0. The summed E-state index contributed by atoms with van der Waals surface area (Å²) < 4.78 is 58.8. The molecule has 18 heteroatoms. The summed E-state index contributed by atoms with van der Waals surface area (Å²) in [7, 11) is -7.43. The predicted molar refractivity (Wildman–Crippen MR) is 238 cm³/mol. The second kappa shape index (κ2) is 18.7. The molecule has 0 saturated carbocycles. The molecule has 2 atom stereocenters. The number of fused-ring (bicyclic) bond motifs is 2. The molecule has 0 amide bonds. The van der Waals surface area contributed by atoms with E-state index in [1.807, 2.05) is 53.4 Å². The number of aromatic nitrogens is 8. The van der Waals surface area contributed by atoms with E-state index < -0.39 is 28.1 Å². The maximum atomic E-state index is 12.0. The molecule has 8 heterocycles. The molecule has 6 aromatic heterocycles. The highest BCUT2D eigenvalue weighted by molar-refractivity contribution is 7.88. The Bertz CT molecular complexity index is 2630. The number of ether oxygens (including phenoxy) is 1. The van der Waals surface area contributed by atoms with Gasteiger partial charge >= 0.3 is 0 Å². The molecule has 60 heavy (non-hydrogen) atoms. The Morgan fingerprint density at radius 2 is 1.32 bits per heavy atom. The molecule has 2 fully saturated rings. The molecule has 0 aliphatic carbocycles. The number of hydrogen-bond acceptors (Lipinski definition) is 11. The van der Waals surface area contributed by atoms with Crippen molar-refractivity contribution in [2.45, 2.75) is 70.9 Å². The van der Waals surface area contributed by atoms with Gasteiger partial charge in [0.25, 0.3) is 0 Å². The molecule has 2 saturated heterocycles. The lowest BCUT2D eigenvalue weighted by Gasteiger charge is -2.31. The van der Waals surface area contributed by atoms with Gasteiger partial charge in [-0.15, -0.1) is 0 Å². The maximum Gasteiger partial charge on any atom is 0.211 e. The van der Waals surface area contributed by atoms with Gasteiger partial charge in [-0.1, -0.05) is 19.6 Å². The molecule has 15 nitrogen and oxygen atoms in total. The van der Waals surface area contributed by atoms with Crippen molar-refractivity contribution < 1.29 is 21.6 Å². The van der Waals surface area contributed by atoms with Gasteiger partial charge in [-0.05, 0) is 92.8 Å². The standard InChI is InChI=1S/C24H35N5O3SSi.C18H21N5O2S/c1-33(30,31)29-11-6-7-19(17-29)15-22-20(8-5-10-25-22)23-16-26-24-21(27-23)9-12-28(24)18-32-13-14-34(2,3)4;1-26(24,25)23-9-3-4-13(12-23)10-16-14(5-2-7-19-16)17-11-21-18-15(22-17)6-8-20-18/h5,8-10,12,16,19H,6-7,11,13-15,17-18H2,1-4H3;2,5-8,11,13H,3-4,9-10,12H2,1H3,(H,20,21)/t19-;13-/m11/s1. The lowest BCUT2D eigenvalue weighted by Crippen LogP contribution is -2.39. The Kier molecular flexibility index (Phi) is 13.6. The molecule has 0 spiro atoms. The first-order valence-electron chi connectivity index (χ1n) is 20.6. The highest BCUT2D eigenvalue weighted by Gasteiger charge is 2.28. The number of aromatic amines is 1. The van der Waals surface area contributed by atoms with Gasteiger partial charge in [-0.3, -0.25) is 9.97 Å². The monoisotopic (exact) mass is 872 g/mol. The second-order valence-electron chi connectivity index (χ2n) is 17.2. The first-order chi connectivity index (χ1) is 28.6. The summed E-state index contributed by atoms with van der Waals surface area (Å²) in [4.78, 5) is 30.9. The highest BCUT2D eigenvalue weighted by atomic mass is 32.2. The van der Waals surface area contributed by atoms with Gasteiger partial charge in [0.2, 0.25) is 20.0 Å². The van der Waals surface area contributed by atoms with Crippen molar-refractivity contribution in [2.75, 3.05) is 45.3 Å². The number of rotatable bonds is 13. The van der Waals surface area contributed by atoms with E-state index in [4.69, 9.17) is 14.7 Å². The third kappa shape index (κ3) is 11.3. The van der Waals surface area contributed by atoms with Crippen LogP contribution in [0.1, 0.15) is 37.1 Å². The van der Waals surface area contributed by atoms with Gasteiger partial charge in [0.05, 0.1) is 47.7 Å². The Hall–Kier alpha value is -4.46. The minimum atomic E-state index is -3.17. The second-order valence-corrected chi connectivity index (χ2v) is 26.8. The van der Waals surface area contributed by atoms with Gasteiger partial charge in [-0.25, -0.2) is 45.4 Å². The van der Waals surface area contributed by atoms with Gasteiger partial charge in [0.15, 0.2) is 11.3 Å². The van der Waals surface area contributed by atoms with Gasteiger partial charge in [0, 0.05) is 76.8 Å². The SMILES string of the molecule is CS(=O)(=O)N1CCC[C@H](Cc2ncccc2-c2cnc3[nH]ccc3n2)C1.C[Si](C)(C)CCOCn1ccc2nc(-c3cccnc3C[C@H]3CCCN(S(C)(=O)=O)C3)cnc21. The number of sulfonamides is 2. The lowest BCUT2D eigenvalue weighted by molar-refractivity contribution is 0.0899. The topological polar surface area (TPSA) is 182 Å². The quantitative estimate of drug-likeness (QED) is 0.102. The van der Waals surface area contributed by atoms with E-state index in [1.165, 1.54) is 12.5 Å². The summed E-state index contributed by atoms with van der Waals surface area (Å²) in [6.45, 7) is 10.6. The van der Waals surface area contributed by atoms with E-state index in [1.54, 1.807) is 33.4 Å². The third-order valence-corrected chi connectivity index (χ3v) is 15.4. The molecular formula is C42H56N10O5S2Si. The van der Waals surface area contributed by atoms with Crippen LogP contribution < -0.4 is 0 Å². The molecule has 8 rings (SSSR count). The zero-order valence-electron chi connectivity index (χ0n) is 35.2. The summed E-state index contributed by atoms with van der Waals surface area (Å²) in [5, 5.41) is 0. The van der Waals surface area contributed by atoms with Crippen LogP contribution in [0.4, 0.5) is 0 Å². The molecule has 6 aromatic rings. The summed E-state index contributed by atoms with van der Waals surface area (Å²) >= 11 is 0. The molecule has 1 N–H and O–H groups in total. The van der Waals surface area contributed by atoms with Crippen molar-refractivity contribution in [1.82, 2.24) is 48.1 Å². The fourth-order valence-corrected chi connectivity index (χ4v) is 10.5. The lowest BCUT2D eigenvalue weighted by atomic mass is 9.92. The largest absolute Gasteiger partial charge is 0.361 e. The van der Waals surface area contributed by atoms with Crippen molar-refractivity contribution >= 4 is 50.4 Å². The van der Waals surface area contributed by atoms with E-state index in [0.29, 0.717) is 39.3 Å². The van der Waals surface area contributed by atoms with Crippen molar-refractivity contribution in [3.8, 4) is 22.5 Å². The predicted octanol–water partition coefficient (Wildman–Crippen LogP) is 6.25. The van der Waals surface area contributed by atoms with Crippen LogP contribution in [0.5, 0.6) is 0 Å². The number of piperidine rings is 2. The molecule has 0 radical (unpaired) electrons. The van der Waals surface area contributed by atoms with Crippen LogP contribution in [0, 0.1) is 11.8 Å². The first-order valence-corrected chi connectivity index (χ1v) is 28.0. The summed E-state index contributed by atoms with van der Waals surface area (Å²) in [6.07, 6.45) is 18.7. The zero-order chi connectivity index (χ0) is 42.5. The Balaban J connectivity index is 0.000000188. The van der Waals surface area contributed by atoms with Crippen molar-refractivity contribution in [3.63, 3.8) is 0 Å². The molecule has 320 valence electrons. The number of pyridine rings is 2. The minimum Gasteiger partial charge on any atom is -0.361 e. The molecule has 0 bridgehead atoms. The fraction of sp³-hybridized carbons (Fsp3) is 0.476. The number of nitrogens with one attached hydrogen (secondary N) is 1. The van der Waals surface area contributed by atoms with E-state index in [9.17, 15) is 16.8 Å². The van der Waals surface area contributed by atoms with Crippen LogP contribution in [0.15, 0.2) is 73.6 Å². The van der Waals surface area contributed by atoms with E-state index in [-0.39, 0.29) is 11.8 Å². The van der Waals surface area contributed by atoms with Gasteiger partial charge in [0.1, 0.15) is 17.8 Å². The molecule has 0 aromatic carbocycles. The minimum absolute atomic E-state index is 0.239. The molecular weight excluding hydrogens is 817 g/mol. The average Bonchev–Trinajstić information content (AvgIpc) is 3.86. The summed E-state index contributed by atoms with van der Waals surface area (Å²) in [6, 6.07) is 12.8. The normalized spacial score (nSPS) is 18.4. The smallest absolute Gasteiger partial charge is 0.211 e. The van der Waals surface area contributed by atoms with E-state index in [2.05, 4.69) is 44.6 Å². The molecule has 0 unspecified atom stereocenters. The molecule has 2 aliphatic heterocycles. The van der Waals surface area contributed by atoms with Crippen LogP contribution in [-0.2, 0) is 44.4 Å². The fourth-order valence-electron chi connectivity index (χ4n) is 7.90. The van der Waals surface area contributed by atoms with Crippen LogP contribution in [-0.4, -0.2) is 118 Å². The Labute approximate surface area is 354 Å². The van der Waals surface area contributed by atoms with E-state index >= 15 is 0 Å². The molecule has 2 aliphatic rings. The van der Waals surface area contributed by atoms with Crippen LogP contribution in [0.2, 0.25) is 25.7 Å². The van der Waals surface area contributed by atoms with Crippen LogP contribution >= 0.6 is 0 Å². The Morgan fingerprint density at radius 1 is 0.750 bits per heavy atom. The number of nitrogens with zero attached hydrogens (tertiary/aromatic N) is 9. The number of hydrogen-bond donors (Lipinski definition) is 1. The van der Waals surface area contributed by atoms with E-state index in [0.717, 1.165) is 101 Å². The van der Waals surface area contributed by atoms with Crippen molar-refractivity contribution in [3.05, 3.63) is 85.0 Å². The summed E-state index contributed by atoms with van der Waals surface area (Å²) in [5.74, 6) is 0.499. The van der Waals surface area contributed by atoms with Crippen molar-refractivity contribution in [1.29, 1.82) is 0 Å². The number of H-pyrrole nitrogens is 1. The Morgan fingerprint density at radius 3 is 1.88 bits per heavy atom. The van der Waals surface area contributed by atoms with Crippen molar-refractivity contribution in [2.24, 2.45) is 11.8 Å². The highest BCUT2D eigenvalue weighted by Crippen LogP contribution is 2.29. The average molecular weight is 873 g/mol.